The number of sulfonamides is 1. The van der Waals surface area contributed by atoms with Crippen LogP contribution in [-0.2, 0) is 34.5 Å². The molecule has 0 radical (unpaired) electrons. The molecule has 0 saturated heterocycles. The Kier molecular flexibility index (Phi) is 7.92. The highest BCUT2D eigenvalue weighted by Crippen LogP contribution is 2.15. The summed E-state index contributed by atoms with van der Waals surface area (Å²) in [7, 11) is -3.68. The van der Waals surface area contributed by atoms with Gasteiger partial charge in [-0.1, -0.05) is 72.8 Å². The van der Waals surface area contributed by atoms with Gasteiger partial charge in [-0.3, -0.25) is 4.79 Å². The number of rotatable bonds is 10. The van der Waals surface area contributed by atoms with Crippen LogP contribution in [0.15, 0.2) is 119 Å². The van der Waals surface area contributed by atoms with E-state index in [1.54, 1.807) is 35.2 Å². The Morgan fingerprint density at radius 3 is 1.94 bits per heavy atom. The molecule has 7 heteroatoms. The fourth-order valence-corrected chi connectivity index (χ4v) is 4.51. The second kappa shape index (κ2) is 11.5. The molecule has 6 nitrogen and oxygen atoms in total. The maximum absolute atomic E-state index is 13.1. The van der Waals surface area contributed by atoms with E-state index < -0.39 is 10.0 Å². The normalized spacial score (nSPS) is 11.5. The van der Waals surface area contributed by atoms with E-state index in [9.17, 15) is 13.2 Å². The first kappa shape index (κ1) is 24.2. The lowest BCUT2D eigenvalue weighted by Gasteiger charge is -2.21. The van der Waals surface area contributed by atoms with Crippen LogP contribution in [0, 0.1) is 0 Å². The standard InChI is InChI=1S/C28H26N2O4S/c31-28(30(21-24-8-3-1-4-9-24)22-25-10-5-2-6-11-25)18-15-23-13-16-27(17-14-23)35(32,33)29-20-26-12-7-19-34-26/h1-19,29H,20-22H2/b18-15+. The molecule has 4 aromatic rings. The van der Waals surface area contributed by atoms with Gasteiger partial charge in [-0.25, -0.2) is 13.1 Å². The molecule has 35 heavy (non-hydrogen) atoms. The van der Waals surface area contributed by atoms with Gasteiger partial charge in [-0.15, -0.1) is 0 Å². The topological polar surface area (TPSA) is 79.6 Å². The summed E-state index contributed by atoms with van der Waals surface area (Å²) in [5, 5.41) is 0. The SMILES string of the molecule is O=C(/C=C/c1ccc(S(=O)(=O)NCc2ccco2)cc1)N(Cc1ccccc1)Cc1ccccc1. The third-order valence-electron chi connectivity index (χ3n) is 5.37. The lowest BCUT2D eigenvalue weighted by molar-refractivity contribution is -0.127. The van der Waals surface area contributed by atoms with Crippen molar-refractivity contribution >= 4 is 22.0 Å². The van der Waals surface area contributed by atoms with Crippen LogP contribution in [0.25, 0.3) is 6.08 Å². The zero-order chi connectivity index (χ0) is 24.5. The van der Waals surface area contributed by atoms with Gasteiger partial charge in [0.15, 0.2) is 0 Å². The first-order valence-corrected chi connectivity index (χ1v) is 12.6. The summed E-state index contributed by atoms with van der Waals surface area (Å²) in [5.41, 5.74) is 2.81. The molecule has 1 amide bonds. The molecule has 0 bridgehead atoms. The number of benzene rings is 3. The zero-order valence-electron chi connectivity index (χ0n) is 19.1. The Hall–Kier alpha value is -3.94. The quantitative estimate of drug-likeness (QED) is 0.320. The highest BCUT2D eigenvalue weighted by atomic mass is 32.2. The molecular weight excluding hydrogens is 460 g/mol. The van der Waals surface area contributed by atoms with Gasteiger partial charge < -0.3 is 9.32 Å². The number of nitrogens with one attached hydrogen (secondary N) is 1. The van der Waals surface area contributed by atoms with Gasteiger partial charge in [0.2, 0.25) is 15.9 Å². The number of nitrogens with zero attached hydrogens (tertiary/aromatic N) is 1. The monoisotopic (exact) mass is 486 g/mol. The Balaban J connectivity index is 1.43. The van der Waals surface area contributed by atoms with Crippen molar-refractivity contribution in [3.8, 4) is 0 Å². The first-order valence-electron chi connectivity index (χ1n) is 11.2. The Morgan fingerprint density at radius 2 is 1.40 bits per heavy atom. The molecular formula is C28H26N2O4S. The van der Waals surface area contributed by atoms with Gasteiger partial charge in [0, 0.05) is 19.2 Å². The summed E-state index contributed by atoms with van der Waals surface area (Å²) >= 11 is 0. The van der Waals surface area contributed by atoms with Crippen molar-refractivity contribution in [3.63, 3.8) is 0 Å². The number of hydrogen-bond donors (Lipinski definition) is 1. The van der Waals surface area contributed by atoms with Crippen LogP contribution < -0.4 is 4.72 Å². The van der Waals surface area contributed by atoms with Crippen molar-refractivity contribution in [1.29, 1.82) is 0 Å². The van der Waals surface area contributed by atoms with Gasteiger partial charge in [0.05, 0.1) is 17.7 Å². The molecule has 4 rings (SSSR count). The van der Waals surface area contributed by atoms with Crippen molar-refractivity contribution in [1.82, 2.24) is 9.62 Å². The maximum Gasteiger partial charge on any atom is 0.247 e. The van der Waals surface area contributed by atoms with Crippen LogP contribution in [-0.4, -0.2) is 19.2 Å². The number of hydrogen-bond acceptors (Lipinski definition) is 4. The fourth-order valence-electron chi connectivity index (χ4n) is 3.51. The predicted octanol–water partition coefficient (Wildman–Crippen LogP) is 5.00. The molecule has 3 aromatic carbocycles. The first-order chi connectivity index (χ1) is 17.0. The van der Waals surface area contributed by atoms with Crippen molar-refractivity contribution in [2.24, 2.45) is 0 Å². The van der Waals surface area contributed by atoms with E-state index in [0.29, 0.717) is 18.8 Å². The van der Waals surface area contributed by atoms with Gasteiger partial charge in [0.1, 0.15) is 5.76 Å². The summed E-state index contributed by atoms with van der Waals surface area (Å²) in [6, 6.07) is 29.5. The third kappa shape index (κ3) is 7.02. The average molecular weight is 487 g/mol. The van der Waals surface area contributed by atoms with Crippen molar-refractivity contribution in [2.75, 3.05) is 0 Å². The summed E-state index contributed by atoms with van der Waals surface area (Å²) in [6.07, 6.45) is 4.70. The molecule has 1 heterocycles. The third-order valence-corrected chi connectivity index (χ3v) is 6.79. The Bertz CT molecular complexity index is 1310. The number of carbonyl (C=O) groups excluding carboxylic acids is 1. The van der Waals surface area contributed by atoms with Crippen LogP contribution in [0.4, 0.5) is 0 Å². The molecule has 0 aliphatic heterocycles. The van der Waals surface area contributed by atoms with E-state index in [4.69, 9.17) is 4.42 Å². The van der Waals surface area contributed by atoms with E-state index in [0.717, 1.165) is 16.7 Å². The molecule has 1 aromatic heterocycles. The molecule has 0 atom stereocenters. The minimum Gasteiger partial charge on any atom is -0.468 e. The summed E-state index contributed by atoms with van der Waals surface area (Å²) < 4.78 is 32.7. The van der Waals surface area contributed by atoms with Crippen LogP contribution in [0.3, 0.4) is 0 Å². The van der Waals surface area contributed by atoms with Gasteiger partial charge in [-0.05, 0) is 47.0 Å². The smallest absolute Gasteiger partial charge is 0.247 e. The highest BCUT2D eigenvalue weighted by molar-refractivity contribution is 7.89. The number of amides is 1. The van der Waals surface area contributed by atoms with Crippen molar-refractivity contribution in [3.05, 3.63) is 132 Å². The second-order valence-electron chi connectivity index (χ2n) is 7.97. The van der Waals surface area contributed by atoms with E-state index in [-0.39, 0.29) is 17.3 Å². The predicted molar refractivity (Wildman–Crippen MR) is 135 cm³/mol. The summed E-state index contributed by atoms with van der Waals surface area (Å²) in [6.45, 7) is 1.04. The molecule has 0 saturated carbocycles. The van der Waals surface area contributed by atoms with Gasteiger partial charge in [0.25, 0.3) is 0 Å². The van der Waals surface area contributed by atoms with Gasteiger partial charge in [-0.2, -0.15) is 0 Å². The van der Waals surface area contributed by atoms with Crippen molar-refractivity contribution in [2.45, 2.75) is 24.5 Å². The number of furan rings is 1. The highest BCUT2D eigenvalue weighted by Gasteiger charge is 2.15. The van der Waals surface area contributed by atoms with E-state index in [2.05, 4.69) is 4.72 Å². The van der Waals surface area contributed by atoms with Crippen LogP contribution in [0.2, 0.25) is 0 Å². The Morgan fingerprint density at radius 1 is 0.800 bits per heavy atom. The van der Waals surface area contributed by atoms with Crippen LogP contribution in [0.5, 0.6) is 0 Å². The molecule has 0 aliphatic rings. The fraction of sp³-hybridized carbons (Fsp3) is 0.107. The van der Waals surface area contributed by atoms with E-state index in [1.807, 2.05) is 60.7 Å². The minimum absolute atomic E-state index is 0.0736. The summed E-state index contributed by atoms with van der Waals surface area (Å²) in [5.74, 6) is 0.400. The molecule has 0 fully saturated rings. The lowest BCUT2D eigenvalue weighted by Crippen LogP contribution is -2.28. The number of carbonyl (C=O) groups is 1. The average Bonchev–Trinajstić information content (AvgIpc) is 3.41. The molecule has 178 valence electrons. The molecule has 0 aliphatic carbocycles. The van der Waals surface area contributed by atoms with E-state index in [1.165, 1.54) is 24.5 Å². The second-order valence-corrected chi connectivity index (χ2v) is 9.74. The van der Waals surface area contributed by atoms with Gasteiger partial charge >= 0.3 is 0 Å². The largest absolute Gasteiger partial charge is 0.468 e. The van der Waals surface area contributed by atoms with Crippen molar-refractivity contribution < 1.29 is 17.6 Å². The summed E-state index contributed by atoms with van der Waals surface area (Å²) in [4.78, 5) is 15.0. The minimum atomic E-state index is -3.68. The molecule has 0 spiro atoms. The molecule has 0 unspecified atom stereocenters. The van der Waals surface area contributed by atoms with Crippen LogP contribution >= 0.6 is 0 Å². The molecule has 1 N–H and O–H groups in total. The Labute approximate surface area is 205 Å². The van der Waals surface area contributed by atoms with Crippen LogP contribution in [0.1, 0.15) is 22.5 Å². The maximum atomic E-state index is 13.1. The lowest BCUT2D eigenvalue weighted by atomic mass is 10.1. The zero-order valence-corrected chi connectivity index (χ0v) is 19.9. The van der Waals surface area contributed by atoms with E-state index >= 15 is 0 Å².